The van der Waals surface area contributed by atoms with Gasteiger partial charge in [0.1, 0.15) is 5.69 Å². The van der Waals surface area contributed by atoms with Crippen molar-refractivity contribution in [3.8, 4) is 0 Å². The number of nitrogens with one attached hydrogen (secondary N) is 1. The van der Waals surface area contributed by atoms with E-state index in [4.69, 9.17) is 23.2 Å². The summed E-state index contributed by atoms with van der Waals surface area (Å²) in [5, 5.41) is 14.6. The van der Waals surface area contributed by atoms with Gasteiger partial charge in [-0.3, -0.25) is 10.1 Å². The number of anilines is 1. The number of benzene rings is 1. The second-order valence-corrected chi connectivity index (χ2v) is 5.13. The maximum atomic E-state index is 10.9. The minimum atomic E-state index is -0.454. The van der Waals surface area contributed by atoms with E-state index in [1.165, 1.54) is 25.0 Å². The first kappa shape index (κ1) is 12.5. The molecule has 0 aliphatic heterocycles. The molecule has 1 saturated carbocycles. The monoisotopic (exact) mass is 274 g/mol. The summed E-state index contributed by atoms with van der Waals surface area (Å²) in [5.41, 5.74) is 0.399. The van der Waals surface area contributed by atoms with Crippen molar-refractivity contribution < 1.29 is 4.92 Å². The van der Waals surface area contributed by atoms with Gasteiger partial charge >= 0.3 is 0 Å². The lowest BCUT2D eigenvalue weighted by atomic mass is 10.2. The lowest BCUT2D eigenvalue weighted by Crippen LogP contribution is -2.18. The van der Waals surface area contributed by atoms with Crippen LogP contribution in [0, 0.1) is 16.0 Å². The van der Waals surface area contributed by atoms with Crippen LogP contribution in [0.3, 0.4) is 0 Å². The van der Waals surface area contributed by atoms with Gasteiger partial charge in [-0.2, -0.15) is 0 Å². The van der Waals surface area contributed by atoms with Gasteiger partial charge in [0.15, 0.2) is 0 Å². The number of hydrogen-bond acceptors (Lipinski definition) is 3. The first-order chi connectivity index (χ1) is 7.99. The molecule has 92 valence electrons. The van der Waals surface area contributed by atoms with Crippen LogP contribution in [0.2, 0.25) is 10.0 Å². The van der Waals surface area contributed by atoms with Gasteiger partial charge in [-0.25, -0.2) is 0 Å². The van der Waals surface area contributed by atoms with Crippen LogP contribution in [-0.4, -0.2) is 11.0 Å². The predicted molar refractivity (Wildman–Crippen MR) is 68.9 cm³/mol. The zero-order chi connectivity index (χ0) is 12.6. The number of nitrogens with zero attached hydrogens (tertiary/aromatic N) is 1. The summed E-state index contributed by atoms with van der Waals surface area (Å²) in [4.78, 5) is 10.5. The van der Waals surface area contributed by atoms with Gasteiger partial charge in [0.05, 0.1) is 15.0 Å². The van der Waals surface area contributed by atoms with E-state index in [1.54, 1.807) is 0 Å². The maximum Gasteiger partial charge on any atom is 0.293 e. The Labute approximate surface area is 109 Å². The summed E-state index contributed by atoms with van der Waals surface area (Å²) in [6, 6.07) is 3.01. The van der Waals surface area contributed by atoms with Crippen LogP contribution >= 0.6 is 23.2 Å². The van der Waals surface area contributed by atoms with E-state index in [2.05, 4.69) is 5.32 Å². The number of halogens is 2. The largest absolute Gasteiger partial charge is 0.377 e. The second-order valence-electron chi connectivity index (χ2n) is 4.31. The topological polar surface area (TPSA) is 55.2 Å². The first-order valence-electron chi connectivity index (χ1n) is 5.39. The Balaban J connectivity index is 2.29. The fourth-order valence-electron chi connectivity index (χ4n) is 1.76. The van der Waals surface area contributed by atoms with E-state index in [9.17, 15) is 10.1 Å². The standard InChI is InChI=1S/C11H12Cl2N2O2/c1-6(7-2-3-7)14-10-4-8(12)9(13)5-11(10)15(16)17/h4-7,14H,2-3H2,1H3. The van der Waals surface area contributed by atoms with Crippen LogP contribution in [0.5, 0.6) is 0 Å². The van der Waals surface area contributed by atoms with E-state index in [1.807, 2.05) is 6.92 Å². The summed E-state index contributed by atoms with van der Waals surface area (Å²) in [5.74, 6) is 0.601. The molecule has 1 aliphatic rings. The van der Waals surface area contributed by atoms with E-state index < -0.39 is 4.92 Å². The van der Waals surface area contributed by atoms with Crippen LogP contribution in [-0.2, 0) is 0 Å². The van der Waals surface area contributed by atoms with Gasteiger partial charge in [-0.1, -0.05) is 23.2 Å². The van der Waals surface area contributed by atoms with Crippen molar-refractivity contribution in [3.63, 3.8) is 0 Å². The zero-order valence-electron chi connectivity index (χ0n) is 9.24. The minimum Gasteiger partial charge on any atom is -0.377 e. The van der Waals surface area contributed by atoms with Gasteiger partial charge in [-0.05, 0) is 31.7 Å². The third-order valence-corrected chi connectivity index (χ3v) is 3.67. The third kappa shape index (κ3) is 2.82. The Morgan fingerprint density at radius 3 is 2.53 bits per heavy atom. The molecular formula is C11H12Cl2N2O2. The molecule has 1 N–H and O–H groups in total. The fourth-order valence-corrected chi connectivity index (χ4v) is 2.08. The fraction of sp³-hybridized carbons (Fsp3) is 0.455. The van der Waals surface area contributed by atoms with Gasteiger partial charge in [0, 0.05) is 12.1 Å². The molecular weight excluding hydrogens is 263 g/mol. The maximum absolute atomic E-state index is 10.9. The molecule has 1 aromatic carbocycles. The normalized spacial score (nSPS) is 16.6. The Kier molecular flexibility index (Phi) is 3.45. The minimum absolute atomic E-state index is 0.0353. The highest BCUT2D eigenvalue weighted by molar-refractivity contribution is 6.42. The molecule has 0 saturated heterocycles. The summed E-state index contributed by atoms with van der Waals surface area (Å²) in [7, 11) is 0. The SMILES string of the molecule is CC(Nc1cc(Cl)c(Cl)cc1[N+](=O)[O-])C1CC1. The molecule has 1 aliphatic carbocycles. The Morgan fingerprint density at radius 2 is 2.00 bits per heavy atom. The lowest BCUT2D eigenvalue weighted by Gasteiger charge is -2.14. The predicted octanol–water partition coefficient (Wildman–Crippen LogP) is 4.11. The van der Waals surface area contributed by atoms with Gasteiger partial charge < -0.3 is 5.32 Å². The third-order valence-electron chi connectivity index (χ3n) is 2.95. The van der Waals surface area contributed by atoms with E-state index in [-0.39, 0.29) is 16.8 Å². The molecule has 0 amide bonds. The van der Waals surface area contributed by atoms with Crippen molar-refractivity contribution in [1.29, 1.82) is 0 Å². The Morgan fingerprint density at radius 1 is 1.41 bits per heavy atom. The molecule has 0 aromatic heterocycles. The Bertz CT molecular complexity index is 461. The molecule has 0 spiro atoms. The molecule has 1 aromatic rings. The highest BCUT2D eigenvalue weighted by atomic mass is 35.5. The number of nitro groups is 1. The van der Waals surface area contributed by atoms with Crippen molar-refractivity contribution >= 4 is 34.6 Å². The average Bonchev–Trinajstić information content (AvgIpc) is 3.06. The summed E-state index contributed by atoms with van der Waals surface area (Å²) in [6.07, 6.45) is 2.34. The Hall–Kier alpha value is -1.00. The second kappa shape index (κ2) is 4.70. The molecule has 1 atom stereocenters. The van der Waals surface area contributed by atoms with Crippen molar-refractivity contribution in [2.24, 2.45) is 5.92 Å². The van der Waals surface area contributed by atoms with Crippen molar-refractivity contribution in [2.45, 2.75) is 25.8 Å². The summed E-state index contributed by atoms with van der Waals surface area (Å²) in [6.45, 7) is 2.02. The van der Waals surface area contributed by atoms with Crippen molar-refractivity contribution in [3.05, 3.63) is 32.3 Å². The molecule has 6 heteroatoms. The van der Waals surface area contributed by atoms with Crippen LogP contribution in [0.25, 0.3) is 0 Å². The smallest absolute Gasteiger partial charge is 0.293 e. The molecule has 0 heterocycles. The number of hydrogen-bond donors (Lipinski definition) is 1. The first-order valence-corrected chi connectivity index (χ1v) is 6.14. The van der Waals surface area contributed by atoms with Gasteiger partial charge in [0.25, 0.3) is 5.69 Å². The van der Waals surface area contributed by atoms with Crippen molar-refractivity contribution in [1.82, 2.24) is 0 Å². The summed E-state index contributed by atoms with van der Waals surface area (Å²) < 4.78 is 0. The molecule has 4 nitrogen and oxygen atoms in total. The van der Waals surface area contributed by atoms with Crippen molar-refractivity contribution in [2.75, 3.05) is 5.32 Å². The lowest BCUT2D eigenvalue weighted by molar-refractivity contribution is -0.384. The molecule has 1 fully saturated rings. The van der Waals surface area contributed by atoms with Gasteiger partial charge in [0.2, 0.25) is 0 Å². The van der Waals surface area contributed by atoms with Crippen LogP contribution in [0.15, 0.2) is 12.1 Å². The molecule has 0 bridgehead atoms. The number of rotatable bonds is 4. The van der Waals surface area contributed by atoms with E-state index in [0.717, 1.165) is 0 Å². The molecule has 17 heavy (non-hydrogen) atoms. The zero-order valence-corrected chi connectivity index (χ0v) is 10.8. The number of nitro benzene ring substituents is 1. The molecule has 1 unspecified atom stereocenters. The van der Waals surface area contributed by atoms with E-state index >= 15 is 0 Å². The molecule has 2 rings (SSSR count). The van der Waals surface area contributed by atoms with Crippen LogP contribution < -0.4 is 5.32 Å². The van der Waals surface area contributed by atoms with Crippen LogP contribution in [0.4, 0.5) is 11.4 Å². The highest BCUT2D eigenvalue weighted by Crippen LogP contribution is 2.38. The molecule has 0 radical (unpaired) electrons. The van der Waals surface area contributed by atoms with Crippen LogP contribution in [0.1, 0.15) is 19.8 Å². The highest BCUT2D eigenvalue weighted by Gasteiger charge is 2.29. The quantitative estimate of drug-likeness (QED) is 0.664. The van der Waals surface area contributed by atoms with Gasteiger partial charge in [-0.15, -0.1) is 0 Å². The average molecular weight is 275 g/mol. The summed E-state index contributed by atoms with van der Waals surface area (Å²) >= 11 is 11.7. The van der Waals surface area contributed by atoms with E-state index in [0.29, 0.717) is 16.6 Å².